The maximum absolute atomic E-state index is 12.3. The molecule has 1 saturated carbocycles. The van der Waals surface area contributed by atoms with Gasteiger partial charge in [-0.15, -0.1) is 0 Å². The van der Waals surface area contributed by atoms with Crippen molar-refractivity contribution in [3.05, 3.63) is 27.2 Å². The number of halogens is 2. The van der Waals surface area contributed by atoms with Crippen molar-refractivity contribution in [2.75, 3.05) is 0 Å². The summed E-state index contributed by atoms with van der Waals surface area (Å²) in [6.07, 6.45) is 6.72. The molecule has 1 aliphatic carbocycles. The Bertz CT molecular complexity index is 509. The molecule has 0 radical (unpaired) electrons. The van der Waals surface area contributed by atoms with Gasteiger partial charge < -0.3 is 4.74 Å². The minimum absolute atomic E-state index is 0.0396. The fraction of sp³-hybridized carbons (Fsp3) is 0.533. The predicted molar refractivity (Wildman–Crippen MR) is 79.1 cm³/mol. The highest BCUT2D eigenvalue weighted by atomic mass is 79.9. The number of rotatable bonds is 1. The molecule has 0 saturated heterocycles. The Morgan fingerprint density at radius 1 is 1.21 bits per heavy atom. The molecule has 1 heterocycles. The van der Waals surface area contributed by atoms with Crippen molar-refractivity contribution in [2.45, 2.75) is 44.6 Å². The third-order valence-corrected chi connectivity index (χ3v) is 4.95. The van der Waals surface area contributed by atoms with Crippen LogP contribution in [-0.4, -0.2) is 11.9 Å². The molecule has 0 aromatic heterocycles. The first kappa shape index (κ1) is 13.4. The van der Waals surface area contributed by atoms with Crippen molar-refractivity contribution < 1.29 is 9.53 Å². The average molecular weight is 344 g/mol. The zero-order valence-electron chi connectivity index (χ0n) is 10.6. The Labute approximate surface area is 126 Å². The highest BCUT2D eigenvalue weighted by Crippen LogP contribution is 2.41. The first-order valence-electron chi connectivity index (χ1n) is 6.84. The van der Waals surface area contributed by atoms with Gasteiger partial charge >= 0.3 is 0 Å². The number of fused-ring (bicyclic) bond motifs is 1. The third-order valence-electron chi connectivity index (χ3n) is 4.14. The number of Topliss-reactive ketones (excluding diaryl/α,β-unsaturated/α-hetero) is 1. The second kappa shape index (κ2) is 5.45. The zero-order chi connectivity index (χ0) is 13.4. The van der Waals surface area contributed by atoms with Gasteiger partial charge in [0.2, 0.25) is 0 Å². The van der Waals surface area contributed by atoms with Crippen LogP contribution in [0.1, 0.15) is 48.9 Å². The van der Waals surface area contributed by atoms with E-state index in [1.54, 1.807) is 12.1 Å². The van der Waals surface area contributed by atoms with E-state index in [-0.39, 0.29) is 11.9 Å². The Kier molecular flexibility index (Phi) is 3.86. The minimum atomic E-state index is 0.0396. The van der Waals surface area contributed by atoms with Crippen LogP contribution in [0.3, 0.4) is 0 Å². The second-order valence-electron chi connectivity index (χ2n) is 5.45. The lowest BCUT2D eigenvalue weighted by Crippen LogP contribution is -2.35. The molecular formula is C15H16BrClO2. The van der Waals surface area contributed by atoms with E-state index in [1.807, 2.05) is 0 Å². The van der Waals surface area contributed by atoms with Crippen LogP contribution < -0.4 is 4.74 Å². The largest absolute Gasteiger partial charge is 0.488 e. The molecule has 1 unspecified atom stereocenters. The number of hydrogen-bond donors (Lipinski definition) is 0. The monoisotopic (exact) mass is 342 g/mol. The molecule has 0 spiro atoms. The standard InChI is InChI=1S/C15H16BrClO2/c16-12-7-10(17)6-11-13(18)8-14(19-15(11)12)9-4-2-1-3-5-9/h6-7,9,14H,1-5,8H2. The van der Waals surface area contributed by atoms with E-state index >= 15 is 0 Å². The molecule has 1 aliphatic heterocycles. The van der Waals surface area contributed by atoms with Gasteiger partial charge in [-0.1, -0.05) is 30.9 Å². The smallest absolute Gasteiger partial charge is 0.170 e. The summed E-state index contributed by atoms with van der Waals surface area (Å²) in [5.41, 5.74) is 0.617. The molecule has 1 aromatic carbocycles. The molecule has 1 atom stereocenters. The van der Waals surface area contributed by atoms with Gasteiger partial charge in [-0.25, -0.2) is 0 Å². The topological polar surface area (TPSA) is 26.3 Å². The molecule has 0 N–H and O–H groups in total. The number of ether oxygens (including phenoxy) is 1. The van der Waals surface area contributed by atoms with Gasteiger partial charge in [-0.2, -0.15) is 0 Å². The lowest BCUT2D eigenvalue weighted by Gasteiger charge is -2.34. The van der Waals surface area contributed by atoms with Crippen molar-refractivity contribution in [3.8, 4) is 5.75 Å². The summed E-state index contributed by atoms with van der Waals surface area (Å²) in [6, 6.07) is 3.50. The van der Waals surface area contributed by atoms with Gasteiger partial charge in [-0.3, -0.25) is 4.79 Å². The molecule has 1 fully saturated rings. The van der Waals surface area contributed by atoms with Gasteiger partial charge in [-0.05, 0) is 46.8 Å². The summed E-state index contributed by atoms with van der Waals surface area (Å²) < 4.78 is 6.88. The van der Waals surface area contributed by atoms with Crippen molar-refractivity contribution in [1.29, 1.82) is 0 Å². The van der Waals surface area contributed by atoms with Crippen LogP contribution in [0.5, 0.6) is 5.75 Å². The molecular weight excluding hydrogens is 328 g/mol. The fourth-order valence-corrected chi connectivity index (χ4v) is 4.05. The van der Waals surface area contributed by atoms with E-state index in [1.165, 1.54) is 32.1 Å². The Balaban J connectivity index is 1.89. The third kappa shape index (κ3) is 2.68. The van der Waals surface area contributed by atoms with Crippen molar-refractivity contribution in [2.24, 2.45) is 5.92 Å². The predicted octanol–water partition coefficient (Wildman–Crippen LogP) is 5.02. The van der Waals surface area contributed by atoms with E-state index < -0.39 is 0 Å². The molecule has 0 bridgehead atoms. The lowest BCUT2D eigenvalue weighted by molar-refractivity contribution is 0.0651. The highest BCUT2D eigenvalue weighted by Gasteiger charge is 2.34. The number of carbonyl (C=O) groups is 1. The number of hydrogen-bond acceptors (Lipinski definition) is 2. The quantitative estimate of drug-likeness (QED) is 0.716. The number of carbonyl (C=O) groups excluding carboxylic acids is 1. The van der Waals surface area contributed by atoms with E-state index in [0.29, 0.717) is 28.7 Å². The van der Waals surface area contributed by atoms with Crippen LogP contribution >= 0.6 is 27.5 Å². The van der Waals surface area contributed by atoms with Crippen LogP contribution in [0.15, 0.2) is 16.6 Å². The molecule has 4 heteroatoms. The van der Waals surface area contributed by atoms with Crippen LogP contribution in [0.4, 0.5) is 0 Å². The van der Waals surface area contributed by atoms with Crippen LogP contribution in [0.25, 0.3) is 0 Å². The molecule has 102 valence electrons. The van der Waals surface area contributed by atoms with Gasteiger partial charge in [0.1, 0.15) is 11.9 Å². The molecule has 2 nitrogen and oxygen atoms in total. The first-order valence-corrected chi connectivity index (χ1v) is 8.01. The maximum atomic E-state index is 12.3. The van der Waals surface area contributed by atoms with E-state index in [2.05, 4.69) is 15.9 Å². The summed E-state index contributed by atoms with van der Waals surface area (Å²) >= 11 is 9.44. The lowest BCUT2D eigenvalue weighted by atomic mass is 9.82. The van der Waals surface area contributed by atoms with E-state index in [4.69, 9.17) is 16.3 Å². The first-order chi connectivity index (χ1) is 9.15. The number of ketones is 1. The average Bonchev–Trinajstić information content (AvgIpc) is 2.41. The summed E-state index contributed by atoms with van der Waals surface area (Å²) in [5.74, 6) is 1.35. The fourth-order valence-electron chi connectivity index (χ4n) is 3.14. The molecule has 1 aromatic rings. The van der Waals surface area contributed by atoms with Crippen molar-refractivity contribution >= 4 is 33.3 Å². The summed E-state index contributed by atoms with van der Waals surface area (Å²) in [4.78, 5) is 12.3. The SMILES string of the molecule is O=C1CC(C2CCCCC2)Oc2c(Br)cc(Cl)cc21. The molecule has 0 amide bonds. The normalized spacial score (nSPS) is 23.9. The van der Waals surface area contributed by atoms with Crippen LogP contribution in [-0.2, 0) is 0 Å². The van der Waals surface area contributed by atoms with Crippen molar-refractivity contribution in [3.63, 3.8) is 0 Å². The molecule has 19 heavy (non-hydrogen) atoms. The van der Waals surface area contributed by atoms with E-state index in [0.717, 1.165) is 4.47 Å². The summed E-state index contributed by atoms with van der Waals surface area (Å²) in [6.45, 7) is 0. The summed E-state index contributed by atoms with van der Waals surface area (Å²) in [7, 11) is 0. The van der Waals surface area contributed by atoms with E-state index in [9.17, 15) is 4.79 Å². The van der Waals surface area contributed by atoms with Crippen LogP contribution in [0.2, 0.25) is 5.02 Å². The Morgan fingerprint density at radius 2 is 1.95 bits per heavy atom. The van der Waals surface area contributed by atoms with Gasteiger partial charge in [0.05, 0.1) is 10.0 Å². The molecule has 3 rings (SSSR count). The highest BCUT2D eigenvalue weighted by molar-refractivity contribution is 9.10. The Morgan fingerprint density at radius 3 is 2.68 bits per heavy atom. The number of benzene rings is 1. The minimum Gasteiger partial charge on any atom is -0.488 e. The van der Waals surface area contributed by atoms with Gasteiger partial charge in [0.25, 0.3) is 0 Å². The van der Waals surface area contributed by atoms with Crippen molar-refractivity contribution in [1.82, 2.24) is 0 Å². The van der Waals surface area contributed by atoms with Gasteiger partial charge in [0.15, 0.2) is 5.78 Å². The summed E-state index contributed by atoms with van der Waals surface area (Å²) in [5, 5.41) is 0.568. The second-order valence-corrected chi connectivity index (χ2v) is 6.74. The van der Waals surface area contributed by atoms with Crippen LogP contribution in [0, 0.1) is 5.92 Å². The zero-order valence-corrected chi connectivity index (χ0v) is 13.0. The maximum Gasteiger partial charge on any atom is 0.170 e. The Hall–Kier alpha value is -0.540. The van der Waals surface area contributed by atoms with Gasteiger partial charge in [0, 0.05) is 11.4 Å². The molecule has 2 aliphatic rings.